The number of aromatic nitrogens is 3. The number of carbonyl (C=O) groups excluding carboxylic acids is 1. The lowest BCUT2D eigenvalue weighted by Crippen LogP contribution is -2.39. The van der Waals surface area contributed by atoms with Crippen molar-refractivity contribution in [2.75, 3.05) is 13.1 Å². The van der Waals surface area contributed by atoms with Gasteiger partial charge in [0.15, 0.2) is 5.82 Å². The molecule has 0 atom stereocenters. The topological polar surface area (TPSA) is 51.0 Å². The lowest BCUT2D eigenvalue weighted by molar-refractivity contribution is 0.0696. The molecule has 0 radical (unpaired) electrons. The molecule has 1 aromatic carbocycles. The zero-order valence-corrected chi connectivity index (χ0v) is 16.6. The molecule has 1 saturated heterocycles. The van der Waals surface area contributed by atoms with E-state index in [1.165, 1.54) is 5.56 Å². The number of aryl methyl sites for hydroxylation is 1. The van der Waals surface area contributed by atoms with Crippen molar-refractivity contribution in [2.24, 2.45) is 7.05 Å². The summed E-state index contributed by atoms with van der Waals surface area (Å²) in [6, 6.07) is 14.2. The number of imidazole rings is 1. The van der Waals surface area contributed by atoms with Gasteiger partial charge in [0, 0.05) is 61.3 Å². The van der Waals surface area contributed by atoms with E-state index in [1.807, 2.05) is 36.2 Å². The Labute approximate surface area is 170 Å². The number of amides is 1. The highest BCUT2D eigenvalue weighted by Crippen LogP contribution is 2.27. The molecule has 0 unspecified atom stereocenters. The molecular weight excluding hydrogens is 372 g/mol. The number of carbonyl (C=O) groups is 1. The van der Waals surface area contributed by atoms with Crippen molar-refractivity contribution in [2.45, 2.75) is 25.2 Å². The molecular formula is C22H23ClN4O. The lowest BCUT2D eigenvalue weighted by atomic mass is 9.92. The van der Waals surface area contributed by atoms with Crippen molar-refractivity contribution < 1.29 is 4.79 Å². The third kappa shape index (κ3) is 4.09. The van der Waals surface area contributed by atoms with Crippen LogP contribution in [-0.4, -0.2) is 38.4 Å². The van der Waals surface area contributed by atoms with Gasteiger partial charge in [-0.3, -0.25) is 9.78 Å². The summed E-state index contributed by atoms with van der Waals surface area (Å²) in [6.07, 6.45) is 6.11. The average Bonchev–Trinajstić information content (AvgIpc) is 3.15. The number of piperidine rings is 1. The Morgan fingerprint density at radius 2 is 1.89 bits per heavy atom. The number of hydrogen-bond acceptors (Lipinski definition) is 3. The predicted molar refractivity (Wildman–Crippen MR) is 110 cm³/mol. The largest absolute Gasteiger partial charge is 0.336 e. The highest BCUT2D eigenvalue weighted by Gasteiger charge is 2.27. The van der Waals surface area contributed by atoms with Gasteiger partial charge >= 0.3 is 0 Å². The maximum absolute atomic E-state index is 12.6. The van der Waals surface area contributed by atoms with Crippen molar-refractivity contribution in [1.82, 2.24) is 19.4 Å². The van der Waals surface area contributed by atoms with Crippen molar-refractivity contribution in [1.29, 1.82) is 0 Å². The van der Waals surface area contributed by atoms with Crippen LogP contribution in [0.2, 0.25) is 5.02 Å². The number of pyridine rings is 1. The van der Waals surface area contributed by atoms with Crippen LogP contribution in [0.15, 0.2) is 54.9 Å². The zero-order chi connectivity index (χ0) is 19.5. The summed E-state index contributed by atoms with van der Waals surface area (Å²) in [5, 5.41) is 0.748. The van der Waals surface area contributed by atoms with E-state index in [2.05, 4.69) is 23.2 Å². The quantitative estimate of drug-likeness (QED) is 0.670. The molecule has 0 saturated carbocycles. The van der Waals surface area contributed by atoms with E-state index in [1.54, 1.807) is 17.0 Å². The SMILES string of the molecule is Cn1ccnc1C(=O)N1CCC(c2cccc(Cc3ccc(Cl)cc3)n2)CC1. The van der Waals surface area contributed by atoms with Gasteiger partial charge in [0.25, 0.3) is 5.91 Å². The average molecular weight is 395 g/mol. The fourth-order valence-electron chi connectivity index (χ4n) is 3.73. The molecule has 3 heterocycles. The van der Waals surface area contributed by atoms with E-state index in [-0.39, 0.29) is 5.91 Å². The van der Waals surface area contributed by atoms with Gasteiger partial charge in [0.2, 0.25) is 0 Å². The molecule has 4 rings (SSSR count). The Bertz CT molecular complexity index is 959. The molecule has 1 amide bonds. The van der Waals surface area contributed by atoms with E-state index in [4.69, 9.17) is 16.6 Å². The minimum atomic E-state index is 0.00963. The van der Waals surface area contributed by atoms with E-state index in [0.717, 1.165) is 48.8 Å². The molecule has 0 bridgehead atoms. The van der Waals surface area contributed by atoms with E-state index in [0.29, 0.717) is 11.7 Å². The third-order valence-electron chi connectivity index (χ3n) is 5.34. The maximum atomic E-state index is 12.6. The first-order chi connectivity index (χ1) is 13.6. The molecule has 144 valence electrons. The first kappa shape index (κ1) is 18.7. The fourth-order valence-corrected chi connectivity index (χ4v) is 3.85. The van der Waals surface area contributed by atoms with Gasteiger partial charge in [-0.15, -0.1) is 0 Å². The van der Waals surface area contributed by atoms with Crippen LogP contribution in [0, 0.1) is 0 Å². The molecule has 0 aliphatic carbocycles. The van der Waals surface area contributed by atoms with Crippen molar-refractivity contribution in [3.8, 4) is 0 Å². The lowest BCUT2D eigenvalue weighted by Gasteiger charge is -2.31. The van der Waals surface area contributed by atoms with Gasteiger partial charge in [-0.25, -0.2) is 4.98 Å². The molecule has 1 aliphatic heterocycles. The molecule has 1 aliphatic rings. The Morgan fingerprint density at radius 3 is 2.57 bits per heavy atom. The number of benzene rings is 1. The van der Waals surface area contributed by atoms with Crippen LogP contribution in [0.4, 0.5) is 0 Å². The van der Waals surface area contributed by atoms with Gasteiger partial charge in [0.05, 0.1) is 0 Å². The third-order valence-corrected chi connectivity index (χ3v) is 5.59. The second kappa shape index (κ2) is 8.15. The minimum absolute atomic E-state index is 0.00963. The molecule has 0 spiro atoms. The molecule has 3 aromatic rings. The number of halogens is 1. The molecule has 0 N–H and O–H groups in total. The summed E-state index contributed by atoms with van der Waals surface area (Å²) in [7, 11) is 1.85. The number of nitrogens with zero attached hydrogens (tertiary/aromatic N) is 4. The normalized spacial score (nSPS) is 15.0. The number of hydrogen-bond donors (Lipinski definition) is 0. The molecule has 28 heavy (non-hydrogen) atoms. The van der Waals surface area contributed by atoms with Crippen LogP contribution in [0.5, 0.6) is 0 Å². The fraction of sp³-hybridized carbons (Fsp3) is 0.318. The number of rotatable bonds is 4. The highest BCUT2D eigenvalue weighted by molar-refractivity contribution is 6.30. The predicted octanol–water partition coefficient (Wildman–Crippen LogP) is 4.08. The summed E-state index contributed by atoms with van der Waals surface area (Å²) < 4.78 is 1.77. The first-order valence-corrected chi connectivity index (χ1v) is 9.95. The van der Waals surface area contributed by atoms with Crippen molar-refractivity contribution in [3.63, 3.8) is 0 Å². The number of likely N-dealkylation sites (tertiary alicyclic amines) is 1. The summed E-state index contributed by atoms with van der Waals surface area (Å²) in [5.41, 5.74) is 3.38. The van der Waals surface area contributed by atoms with Crippen LogP contribution in [0.3, 0.4) is 0 Å². The van der Waals surface area contributed by atoms with Crippen LogP contribution in [-0.2, 0) is 13.5 Å². The maximum Gasteiger partial charge on any atom is 0.289 e. The van der Waals surface area contributed by atoms with Gasteiger partial charge in [-0.1, -0.05) is 29.8 Å². The van der Waals surface area contributed by atoms with Crippen LogP contribution in [0.1, 0.15) is 46.3 Å². The van der Waals surface area contributed by atoms with Crippen LogP contribution < -0.4 is 0 Å². The first-order valence-electron chi connectivity index (χ1n) is 9.57. The van der Waals surface area contributed by atoms with Gasteiger partial charge in [-0.05, 0) is 42.7 Å². The van der Waals surface area contributed by atoms with Crippen LogP contribution >= 0.6 is 11.6 Å². The van der Waals surface area contributed by atoms with E-state index >= 15 is 0 Å². The second-order valence-electron chi connectivity index (χ2n) is 7.29. The van der Waals surface area contributed by atoms with Gasteiger partial charge < -0.3 is 9.47 Å². The summed E-state index contributed by atoms with van der Waals surface area (Å²) in [6.45, 7) is 1.47. The summed E-state index contributed by atoms with van der Waals surface area (Å²) in [4.78, 5) is 23.6. The monoisotopic (exact) mass is 394 g/mol. The van der Waals surface area contributed by atoms with Gasteiger partial charge in [0.1, 0.15) is 0 Å². The second-order valence-corrected chi connectivity index (χ2v) is 7.72. The van der Waals surface area contributed by atoms with E-state index < -0.39 is 0 Å². The standard InChI is InChI=1S/C22H23ClN4O/c1-26-14-11-24-21(26)22(28)27-12-9-17(10-13-27)20-4-2-3-19(25-20)15-16-5-7-18(23)8-6-16/h2-8,11,14,17H,9-10,12-13,15H2,1H3. The van der Waals surface area contributed by atoms with Crippen molar-refractivity contribution >= 4 is 17.5 Å². The van der Waals surface area contributed by atoms with E-state index in [9.17, 15) is 4.79 Å². The zero-order valence-electron chi connectivity index (χ0n) is 15.9. The smallest absolute Gasteiger partial charge is 0.289 e. The molecule has 1 fully saturated rings. The highest BCUT2D eigenvalue weighted by atomic mass is 35.5. The summed E-state index contributed by atoms with van der Waals surface area (Å²) >= 11 is 5.97. The van der Waals surface area contributed by atoms with Crippen molar-refractivity contribution in [3.05, 3.63) is 82.7 Å². The minimum Gasteiger partial charge on any atom is -0.336 e. The molecule has 6 heteroatoms. The summed E-state index contributed by atoms with van der Waals surface area (Å²) in [5.74, 6) is 0.896. The Morgan fingerprint density at radius 1 is 1.14 bits per heavy atom. The van der Waals surface area contributed by atoms with Gasteiger partial charge in [-0.2, -0.15) is 0 Å². The van der Waals surface area contributed by atoms with Crippen LogP contribution in [0.25, 0.3) is 0 Å². The Hall–Kier alpha value is -2.66. The Kier molecular flexibility index (Phi) is 5.44. The molecule has 2 aromatic heterocycles. The molecule has 5 nitrogen and oxygen atoms in total. The Balaban J connectivity index is 1.40.